The summed E-state index contributed by atoms with van der Waals surface area (Å²) in [6, 6.07) is 13.8. The van der Waals surface area contributed by atoms with Crippen molar-refractivity contribution in [1.29, 1.82) is 0 Å². The SMILES string of the molecule is NC(=O)c1ccn(-c2ccnc(Nc3ccc(N4CCOCC4)cc3)c2)c1. The standard InChI is InChI=1S/C20H21N5O2/c21-20(26)15-6-8-25(14-15)18-5-7-22-19(13-18)23-16-1-3-17(4-2-16)24-9-11-27-12-10-24/h1-8,13-14H,9-12H2,(H2,21,26)(H,22,23). The van der Waals surface area contributed by atoms with E-state index in [1.54, 1.807) is 24.7 Å². The first kappa shape index (κ1) is 17.1. The Bertz CT molecular complexity index is 930. The van der Waals surface area contributed by atoms with Gasteiger partial charge in [-0.15, -0.1) is 0 Å². The number of benzene rings is 1. The molecule has 0 aliphatic carbocycles. The Balaban J connectivity index is 1.48. The Labute approximate surface area is 157 Å². The van der Waals surface area contributed by atoms with Gasteiger partial charge in [-0.05, 0) is 36.4 Å². The van der Waals surface area contributed by atoms with E-state index in [0.29, 0.717) is 5.56 Å². The molecule has 1 aliphatic rings. The van der Waals surface area contributed by atoms with Gasteiger partial charge in [-0.1, -0.05) is 0 Å². The molecule has 7 nitrogen and oxygen atoms in total. The van der Waals surface area contributed by atoms with Gasteiger partial charge in [0.1, 0.15) is 5.82 Å². The fourth-order valence-electron chi connectivity index (χ4n) is 3.08. The predicted molar refractivity (Wildman–Crippen MR) is 105 cm³/mol. The van der Waals surface area contributed by atoms with Crippen LogP contribution in [0, 0.1) is 0 Å². The van der Waals surface area contributed by atoms with E-state index in [2.05, 4.69) is 27.3 Å². The topological polar surface area (TPSA) is 85.4 Å². The summed E-state index contributed by atoms with van der Waals surface area (Å²) in [5, 5.41) is 3.31. The summed E-state index contributed by atoms with van der Waals surface area (Å²) >= 11 is 0. The van der Waals surface area contributed by atoms with Crippen molar-refractivity contribution >= 4 is 23.1 Å². The van der Waals surface area contributed by atoms with Crippen LogP contribution in [0.2, 0.25) is 0 Å². The van der Waals surface area contributed by atoms with Crippen LogP contribution in [0.25, 0.3) is 5.69 Å². The molecule has 0 atom stereocenters. The number of nitrogens with one attached hydrogen (secondary N) is 1. The van der Waals surface area contributed by atoms with Gasteiger partial charge in [0.05, 0.1) is 24.5 Å². The van der Waals surface area contributed by atoms with E-state index in [1.807, 2.05) is 28.8 Å². The van der Waals surface area contributed by atoms with Gasteiger partial charge in [-0.25, -0.2) is 4.98 Å². The van der Waals surface area contributed by atoms with Gasteiger partial charge >= 0.3 is 0 Å². The van der Waals surface area contributed by atoms with Gasteiger partial charge in [0, 0.05) is 49.1 Å². The number of ether oxygens (including phenoxy) is 1. The molecule has 0 radical (unpaired) electrons. The number of primary amides is 1. The number of hydrogen-bond donors (Lipinski definition) is 2. The number of aromatic nitrogens is 2. The largest absolute Gasteiger partial charge is 0.378 e. The number of nitrogens with two attached hydrogens (primary N) is 1. The zero-order chi connectivity index (χ0) is 18.6. The van der Waals surface area contributed by atoms with Gasteiger partial charge < -0.3 is 25.3 Å². The summed E-state index contributed by atoms with van der Waals surface area (Å²) in [4.78, 5) is 18.0. The number of amides is 1. The third-order valence-electron chi connectivity index (χ3n) is 4.53. The zero-order valence-corrected chi connectivity index (χ0v) is 14.8. The highest BCUT2D eigenvalue weighted by Crippen LogP contribution is 2.22. The highest BCUT2D eigenvalue weighted by molar-refractivity contribution is 5.92. The van der Waals surface area contributed by atoms with Crippen molar-refractivity contribution in [3.05, 3.63) is 66.6 Å². The van der Waals surface area contributed by atoms with Gasteiger partial charge in [0.25, 0.3) is 0 Å². The summed E-state index contributed by atoms with van der Waals surface area (Å²) < 4.78 is 7.24. The molecule has 0 bridgehead atoms. The van der Waals surface area contributed by atoms with Gasteiger partial charge in [-0.3, -0.25) is 4.79 Å². The second kappa shape index (κ2) is 7.51. The van der Waals surface area contributed by atoms with E-state index < -0.39 is 5.91 Å². The van der Waals surface area contributed by atoms with E-state index in [1.165, 1.54) is 5.69 Å². The van der Waals surface area contributed by atoms with Crippen LogP contribution in [0.1, 0.15) is 10.4 Å². The Hall–Kier alpha value is -3.32. The lowest BCUT2D eigenvalue weighted by Gasteiger charge is -2.28. The Kier molecular flexibility index (Phi) is 4.76. The molecule has 0 unspecified atom stereocenters. The second-order valence-corrected chi connectivity index (χ2v) is 6.34. The number of anilines is 3. The molecule has 0 spiro atoms. The molecule has 1 saturated heterocycles. The maximum atomic E-state index is 11.3. The molecule has 2 aromatic heterocycles. The maximum absolute atomic E-state index is 11.3. The lowest BCUT2D eigenvalue weighted by molar-refractivity contribution is 0.100. The molecule has 4 rings (SSSR count). The minimum Gasteiger partial charge on any atom is -0.378 e. The molecule has 1 aliphatic heterocycles. The van der Waals surface area contributed by atoms with Crippen molar-refractivity contribution in [2.24, 2.45) is 5.73 Å². The highest BCUT2D eigenvalue weighted by atomic mass is 16.5. The third-order valence-corrected chi connectivity index (χ3v) is 4.53. The van der Waals surface area contributed by atoms with Crippen LogP contribution in [0.5, 0.6) is 0 Å². The number of rotatable bonds is 5. The Morgan fingerprint density at radius 1 is 1.07 bits per heavy atom. The number of hydrogen-bond acceptors (Lipinski definition) is 5. The summed E-state index contributed by atoms with van der Waals surface area (Å²) in [6.07, 6.45) is 5.23. The lowest BCUT2D eigenvalue weighted by atomic mass is 10.2. The van der Waals surface area contributed by atoms with E-state index in [-0.39, 0.29) is 0 Å². The molecule has 7 heteroatoms. The molecule has 27 heavy (non-hydrogen) atoms. The van der Waals surface area contributed by atoms with Crippen LogP contribution in [-0.2, 0) is 4.74 Å². The molecule has 3 heterocycles. The first-order valence-electron chi connectivity index (χ1n) is 8.83. The molecular formula is C20H21N5O2. The second-order valence-electron chi connectivity index (χ2n) is 6.34. The quantitative estimate of drug-likeness (QED) is 0.728. The molecular weight excluding hydrogens is 342 g/mol. The van der Waals surface area contributed by atoms with Crippen LogP contribution in [-0.4, -0.2) is 41.8 Å². The van der Waals surface area contributed by atoms with Crippen molar-refractivity contribution in [3.63, 3.8) is 0 Å². The fraction of sp³-hybridized carbons (Fsp3) is 0.200. The van der Waals surface area contributed by atoms with Gasteiger partial charge in [0.15, 0.2) is 0 Å². The summed E-state index contributed by atoms with van der Waals surface area (Å²) in [7, 11) is 0. The van der Waals surface area contributed by atoms with Crippen molar-refractivity contribution in [2.75, 3.05) is 36.5 Å². The number of morpholine rings is 1. The summed E-state index contributed by atoms with van der Waals surface area (Å²) in [5.41, 5.74) is 8.83. The van der Waals surface area contributed by atoms with Crippen LogP contribution in [0.3, 0.4) is 0 Å². The number of pyridine rings is 1. The van der Waals surface area contributed by atoms with Gasteiger partial charge in [-0.2, -0.15) is 0 Å². The number of carbonyl (C=O) groups excluding carboxylic acids is 1. The lowest BCUT2D eigenvalue weighted by Crippen LogP contribution is -2.36. The highest BCUT2D eigenvalue weighted by Gasteiger charge is 2.11. The smallest absolute Gasteiger partial charge is 0.250 e. The van der Waals surface area contributed by atoms with Crippen molar-refractivity contribution in [1.82, 2.24) is 9.55 Å². The van der Waals surface area contributed by atoms with Crippen molar-refractivity contribution in [2.45, 2.75) is 0 Å². The van der Waals surface area contributed by atoms with Crippen LogP contribution < -0.4 is 16.0 Å². The van der Waals surface area contributed by atoms with E-state index in [0.717, 1.165) is 43.5 Å². The minimum absolute atomic E-state index is 0.443. The van der Waals surface area contributed by atoms with E-state index in [9.17, 15) is 4.79 Å². The van der Waals surface area contributed by atoms with E-state index in [4.69, 9.17) is 10.5 Å². The molecule has 1 aromatic carbocycles. The third kappa shape index (κ3) is 3.93. The summed E-state index contributed by atoms with van der Waals surface area (Å²) in [6.45, 7) is 3.38. The first-order chi connectivity index (χ1) is 13.2. The monoisotopic (exact) mass is 363 g/mol. The fourth-order valence-corrected chi connectivity index (χ4v) is 3.08. The molecule has 138 valence electrons. The predicted octanol–water partition coefficient (Wildman–Crippen LogP) is 2.55. The van der Waals surface area contributed by atoms with E-state index >= 15 is 0 Å². The number of carbonyl (C=O) groups is 1. The first-order valence-corrected chi connectivity index (χ1v) is 8.83. The average molecular weight is 363 g/mol. The zero-order valence-electron chi connectivity index (χ0n) is 14.8. The molecule has 1 fully saturated rings. The van der Waals surface area contributed by atoms with Crippen molar-refractivity contribution < 1.29 is 9.53 Å². The Morgan fingerprint density at radius 3 is 2.56 bits per heavy atom. The molecule has 0 saturated carbocycles. The van der Waals surface area contributed by atoms with Crippen LogP contribution >= 0.6 is 0 Å². The van der Waals surface area contributed by atoms with Crippen molar-refractivity contribution in [3.8, 4) is 5.69 Å². The normalized spacial score (nSPS) is 14.1. The minimum atomic E-state index is -0.443. The van der Waals surface area contributed by atoms with Crippen LogP contribution in [0.4, 0.5) is 17.2 Å². The van der Waals surface area contributed by atoms with Gasteiger partial charge in [0.2, 0.25) is 5.91 Å². The molecule has 3 aromatic rings. The Morgan fingerprint density at radius 2 is 1.85 bits per heavy atom. The molecule has 1 amide bonds. The molecule has 3 N–H and O–H groups in total. The number of nitrogens with zero attached hydrogens (tertiary/aromatic N) is 3. The van der Waals surface area contributed by atoms with Crippen LogP contribution in [0.15, 0.2) is 61.1 Å². The maximum Gasteiger partial charge on any atom is 0.250 e. The summed E-state index contributed by atoms with van der Waals surface area (Å²) in [5.74, 6) is 0.280. The average Bonchev–Trinajstić information content (AvgIpc) is 3.20.